The maximum absolute atomic E-state index is 12.9. The second-order valence-electron chi connectivity index (χ2n) is 7.93. The lowest BCUT2D eigenvalue weighted by atomic mass is 10.1. The van der Waals surface area contributed by atoms with E-state index < -0.39 is 18.5 Å². The van der Waals surface area contributed by atoms with E-state index in [4.69, 9.17) is 18.9 Å². The lowest BCUT2D eigenvalue weighted by Gasteiger charge is -2.27. The zero-order valence-corrected chi connectivity index (χ0v) is 19.2. The number of rotatable bonds is 7. The first-order valence-corrected chi connectivity index (χ1v) is 10.8. The standard InChI is InChI=1S/C26H25NO7/c1-16-12-21(17(2)27(16)13-18-14-32-23-10-6-7-11-24(23)34-18)22(28)15-33-26(30)20-9-5-4-8-19(20)25(29)31-3/h4-12,18H,13-15H2,1-3H3. The number of nitrogens with zero attached hydrogens (tertiary/aromatic N) is 1. The summed E-state index contributed by atoms with van der Waals surface area (Å²) >= 11 is 0. The molecule has 2 heterocycles. The number of benzene rings is 2. The van der Waals surface area contributed by atoms with E-state index in [2.05, 4.69) is 0 Å². The number of ketones is 1. The molecule has 1 unspecified atom stereocenters. The molecule has 0 saturated heterocycles. The molecule has 0 radical (unpaired) electrons. The molecule has 1 atom stereocenters. The van der Waals surface area contributed by atoms with Gasteiger partial charge < -0.3 is 23.5 Å². The summed E-state index contributed by atoms with van der Waals surface area (Å²) in [4.78, 5) is 37.3. The van der Waals surface area contributed by atoms with Gasteiger partial charge in [0.15, 0.2) is 24.2 Å². The summed E-state index contributed by atoms with van der Waals surface area (Å²) in [6.45, 7) is 4.20. The number of fused-ring (bicyclic) bond motifs is 1. The number of aryl methyl sites for hydroxylation is 1. The second kappa shape index (κ2) is 9.82. The number of para-hydroxylation sites is 2. The molecule has 0 bridgehead atoms. The molecule has 2 aromatic carbocycles. The number of ether oxygens (including phenoxy) is 4. The molecule has 0 N–H and O–H groups in total. The number of Topliss-reactive ketones (excluding diaryl/α,β-unsaturated/α-hetero) is 1. The quantitative estimate of drug-likeness (QED) is 0.389. The number of methoxy groups -OCH3 is 1. The molecule has 8 nitrogen and oxygen atoms in total. The average molecular weight is 463 g/mol. The normalized spacial score (nSPS) is 14.4. The predicted octanol–water partition coefficient (Wildman–Crippen LogP) is 3.77. The van der Waals surface area contributed by atoms with Gasteiger partial charge in [0.1, 0.15) is 6.61 Å². The van der Waals surface area contributed by atoms with Crippen LogP contribution in [0.25, 0.3) is 0 Å². The SMILES string of the molecule is COC(=O)c1ccccc1C(=O)OCC(=O)c1cc(C)n(CC2COc3ccccc3O2)c1C. The Kier molecular flexibility index (Phi) is 6.67. The summed E-state index contributed by atoms with van der Waals surface area (Å²) in [6.07, 6.45) is -0.213. The first-order chi connectivity index (χ1) is 16.4. The largest absolute Gasteiger partial charge is 0.486 e. The van der Waals surface area contributed by atoms with Crippen LogP contribution in [0.4, 0.5) is 0 Å². The summed E-state index contributed by atoms with van der Waals surface area (Å²) in [7, 11) is 1.23. The molecule has 176 valence electrons. The highest BCUT2D eigenvalue weighted by atomic mass is 16.6. The lowest BCUT2D eigenvalue weighted by Crippen LogP contribution is -2.33. The summed E-state index contributed by atoms with van der Waals surface area (Å²) in [5, 5.41) is 0. The first kappa shape index (κ1) is 23.1. The Morgan fingerprint density at radius 3 is 2.29 bits per heavy atom. The minimum absolute atomic E-state index is 0.0438. The minimum atomic E-state index is -0.769. The van der Waals surface area contributed by atoms with E-state index in [0.717, 1.165) is 11.4 Å². The van der Waals surface area contributed by atoms with Gasteiger partial charge in [0.2, 0.25) is 5.78 Å². The van der Waals surface area contributed by atoms with E-state index in [1.807, 2.05) is 42.7 Å². The van der Waals surface area contributed by atoms with Crippen LogP contribution in [0.5, 0.6) is 11.5 Å². The summed E-state index contributed by atoms with van der Waals surface area (Å²) < 4.78 is 23.7. The molecule has 4 rings (SSSR count). The highest BCUT2D eigenvalue weighted by Crippen LogP contribution is 2.31. The third kappa shape index (κ3) is 4.66. The fourth-order valence-electron chi connectivity index (χ4n) is 3.96. The van der Waals surface area contributed by atoms with Crippen LogP contribution < -0.4 is 9.47 Å². The van der Waals surface area contributed by atoms with Gasteiger partial charge in [-0.3, -0.25) is 4.79 Å². The van der Waals surface area contributed by atoms with E-state index in [-0.39, 0.29) is 23.0 Å². The Morgan fingerprint density at radius 1 is 0.941 bits per heavy atom. The summed E-state index contributed by atoms with van der Waals surface area (Å²) in [6, 6.07) is 15.4. The van der Waals surface area contributed by atoms with Gasteiger partial charge in [0, 0.05) is 17.0 Å². The fraction of sp³-hybridized carbons (Fsp3) is 0.269. The number of carbonyl (C=O) groups excluding carboxylic acids is 3. The number of carbonyl (C=O) groups is 3. The van der Waals surface area contributed by atoms with Crippen molar-refractivity contribution in [2.24, 2.45) is 0 Å². The van der Waals surface area contributed by atoms with Crippen LogP contribution in [0, 0.1) is 13.8 Å². The Bertz CT molecular complexity index is 1240. The van der Waals surface area contributed by atoms with Gasteiger partial charge in [-0.05, 0) is 44.2 Å². The maximum Gasteiger partial charge on any atom is 0.339 e. The van der Waals surface area contributed by atoms with Crippen LogP contribution in [0.3, 0.4) is 0 Å². The van der Waals surface area contributed by atoms with Crippen molar-refractivity contribution in [1.82, 2.24) is 4.57 Å². The van der Waals surface area contributed by atoms with Gasteiger partial charge in [-0.1, -0.05) is 24.3 Å². The zero-order valence-electron chi connectivity index (χ0n) is 19.2. The van der Waals surface area contributed by atoms with Gasteiger partial charge in [-0.25, -0.2) is 9.59 Å². The van der Waals surface area contributed by atoms with E-state index in [0.29, 0.717) is 30.2 Å². The van der Waals surface area contributed by atoms with Gasteiger partial charge in [-0.2, -0.15) is 0 Å². The molecule has 0 saturated carbocycles. The zero-order chi connectivity index (χ0) is 24.2. The van der Waals surface area contributed by atoms with E-state index in [9.17, 15) is 14.4 Å². The van der Waals surface area contributed by atoms with Crippen molar-refractivity contribution in [3.63, 3.8) is 0 Å². The lowest BCUT2D eigenvalue weighted by molar-refractivity contribution is 0.0463. The molecule has 0 spiro atoms. The maximum atomic E-state index is 12.9. The van der Waals surface area contributed by atoms with Gasteiger partial charge in [0.25, 0.3) is 0 Å². The van der Waals surface area contributed by atoms with Crippen LogP contribution in [0.2, 0.25) is 0 Å². The number of hydrogen-bond acceptors (Lipinski definition) is 7. The highest BCUT2D eigenvalue weighted by Gasteiger charge is 2.25. The van der Waals surface area contributed by atoms with Crippen molar-refractivity contribution >= 4 is 17.7 Å². The van der Waals surface area contributed by atoms with Gasteiger partial charge in [0.05, 0.1) is 24.8 Å². The third-order valence-electron chi connectivity index (χ3n) is 5.71. The fourth-order valence-corrected chi connectivity index (χ4v) is 3.96. The van der Waals surface area contributed by atoms with Crippen LogP contribution in [0.15, 0.2) is 54.6 Å². The smallest absolute Gasteiger partial charge is 0.339 e. The van der Waals surface area contributed by atoms with Crippen molar-refractivity contribution in [2.75, 3.05) is 20.3 Å². The Morgan fingerprint density at radius 2 is 1.59 bits per heavy atom. The average Bonchev–Trinajstić information content (AvgIpc) is 3.14. The first-order valence-electron chi connectivity index (χ1n) is 10.8. The van der Waals surface area contributed by atoms with Crippen LogP contribution in [-0.4, -0.2) is 48.7 Å². The molecule has 3 aromatic rings. The van der Waals surface area contributed by atoms with Gasteiger partial charge >= 0.3 is 11.9 Å². The van der Waals surface area contributed by atoms with Crippen molar-refractivity contribution in [1.29, 1.82) is 0 Å². The van der Waals surface area contributed by atoms with Crippen molar-refractivity contribution in [3.05, 3.63) is 82.7 Å². The Labute approximate surface area is 197 Å². The van der Waals surface area contributed by atoms with E-state index in [1.54, 1.807) is 18.2 Å². The van der Waals surface area contributed by atoms with Crippen molar-refractivity contribution in [2.45, 2.75) is 26.5 Å². The van der Waals surface area contributed by atoms with Gasteiger partial charge in [-0.15, -0.1) is 0 Å². The number of hydrogen-bond donors (Lipinski definition) is 0. The molecule has 1 aromatic heterocycles. The number of aromatic nitrogens is 1. The topological polar surface area (TPSA) is 93.1 Å². The molecular formula is C26H25NO7. The number of esters is 2. The molecular weight excluding hydrogens is 438 g/mol. The second-order valence-corrected chi connectivity index (χ2v) is 7.93. The minimum Gasteiger partial charge on any atom is -0.486 e. The molecule has 8 heteroatoms. The van der Waals surface area contributed by atoms with Crippen molar-refractivity contribution < 1.29 is 33.3 Å². The Balaban J connectivity index is 1.43. The van der Waals surface area contributed by atoms with E-state index in [1.165, 1.54) is 19.2 Å². The molecule has 0 amide bonds. The Hall–Kier alpha value is -4.07. The van der Waals surface area contributed by atoms with Crippen LogP contribution in [0.1, 0.15) is 42.5 Å². The van der Waals surface area contributed by atoms with E-state index >= 15 is 0 Å². The van der Waals surface area contributed by atoms with Crippen LogP contribution >= 0.6 is 0 Å². The predicted molar refractivity (Wildman–Crippen MR) is 123 cm³/mol. The monoisotopic (exact) mass is 463 g/mol. The van der Waals surface area contributed by atoms with Crippen LogP contribution in [-0.2, 0) is 16.0 Å². The summed E-state index contributed by atoms with van der Waals surface area (Å²) in [5.41, 5.74) is 2.21. The third-order valence-corrected chi connectivity index (χ3v) is 5.71. The van der Waals surface area contributed by atoms with Crippen molar-refractivity contribution in [3.8, 4) is 11.5 Å². The molecule has 0 aliphatic carbocycles. The summed E-state index contributed by atoms with van der Waals surface area (Å²) in [5.74, 6) is -0.356. The highest BCUT2D eigenvalue weighted by molar-refractivity contribution is 6.04. The molecule has 0 fully saturated rings. The molecule has 1 aliphatic heterocycles. The molecule has 34 heavy (non-hydrogen) atoms. The molecule has 1 aliphatic rings.